The first-order chi connectivity index (χ1) is 19.8. The summed E-state index contributed by atoms with van der Waals surface area (Å²) in [6.45, 7) is -0.618. The number of hydrogen-bond donors (Lipinski definition) is 1. The highest BCUT2D eigenvalue weighted by Crippen LogP contribution is 2.44. The first-order valence-corrected chi connectivity index (χ1v) is 12.3. The summed E-state index contributed by atoms with van der Waals surface area (Å²) in [5, 5.41) is 2.56. The van der Waals surface area contributed by atoms with E-state index in [-0.39, 0.29) is 12.5 Å². The topological polar surface area (TPSA) is 73.9 Å². The van der Waals surface area contributed by atoms with Crippen LogP contribution in [0.25, 0.3) is 11.1 Å². The summed E-state index contributed by atoms with van der Waals surface area (Å²) in [6.07, 6.45) is -2.61. The molecule has 210 valence electrons. The lowest BCUT2D eigenvalue weighted by molar-refractivity contribution is 0.0819. The van der Waals surface area contributed by atoms with Gasteiger partial charge >= 0.3 is 12.2 Å². The lowest BCUT2D eigenvalue weighted by atomic mass is 9.98. The molecule has 41 heavy (non-hydrogen) atoms. The van der Waals surface area contributed by atoms with Gasteiger partial charge in [-0.1, -0.05) is 78.9 Å². The third-order valence-electron chi connectivity index (χ3n) is 6.56. The van der Waals surface area contributed by atoms with Gasteiger partial charge in [0, 0.05) is 5.92 Å². The van der Waals surface area contributed by atoms with Crippen molar-refractivity contribution in [2.24, 2.45) is 0 Å². The van der Waals surface area contributed by atoms with Gasteiger partial charge in [-0.3, -0.25) is 0 Å². The van der Waals surface area contributed by atoms with Gasteiger partial charge in [0.05, 0.1) is 6.04 Å². The van der Waals surface area contributed by atoms with E-state index in [0.717, 1.165) is 22.3 Å². The number of fused-ring (bicyclic) bond motifs is 3. The molecule has 5 rings (SSSR count). The summed E-state index contributed by atoms with van der Waals surface area (Å²) in [5.41, 5.74) is 4.55. The monoisotopic (exact) mass is 569 g/mol. The van der Waals surface area contributed by atoms with Crippen LogP contribution in [0, 0.1) is 29.1 Å². The van der Waals surface area contributed by atoms with Gasteiger partial charge in [-0.05, 0) is 27.8 Å². The smallest absolute Gasteiger partial charge is 0.449 e. The van der Waals surface area contributed by atoms with Gasteiger partial charge < -0.3 is 19.5 Å². The van der Waals surface area contributed by atoms with Crippen LogP contribution in [0.2, 0.25) is 0 Å². The Balaban J connectivity index is 1.26. The molecule has 0 saturated heterocycles. The van der Waals surface area contributed by atoms with E-state index in [9.17, 15) is 31.5 Å². The van der Waals surface area contributed by atoms with Crippen molar-refractivity contribution in [3.63, 3.8) is 0 Å². The van der Waals surface area contributed by atoms with E-state index in [1.165, 1.54) is 0 Å². The molecule has 4 aromatic rings. The number of nitrogens with one attached hydrogen (secondary N) is 1. The van der Waals surface area contributed by atoms with E-state index in [4.69, 9.17) is 9.47 Å². The summed E-state index contributed by atoms with van der Waals surface area (Å²) >= 11 is 0. The molecule has 0 aliphatic heterocycles. The molecule has 11 heteroatoms. The quantitative estimate of drug-likeness (QED) is 0.0840. The van der Waals surface area contributed by atoms with E-state index in [1.807, 2.05) is 48.5 Å². The Kier molecular flexibility index (Phi) is 7.86. The van der Waals surface area contributed by atoms with E-state index < -0.39 is 59.7 Å². The maximum atomic E-state index is 13.9. The van der Waals surface area contributed by atoms with Gasteiger partial charge in [-0.15, -0.1) is 0 Å². The Morgan fingerprint density at radius 3 is 1.78 bits per heavy atom. The molecule has 0 saturated carbocycles. The number of halogens is 5. The lowest BCUT2D eigenvalue weighted by Gasteiger charge is -2.20. The number of rotatable bonds is 7. The predicted octanol–water partition coefficient (Wildman–Crippen LogP) is 7.18. The molecule has 0 aromatic heterocycles. The van der Waals surface area contributed by atoms with Crippen molar-refractivity contribution < 1.29 is 45.8 Å². The summed E-state index contributed by atoms with van der Waals surface area (Å²) in [5.74, 6) is -13.7. The molecule has 1 aliphatic rings. The molecular formula is C30H20F5NO5. The van der Waals surface area contributed by atoms with Crippen LogP contribution >= 0.6 is 0 Å². The molecule has 1 amide bonds. The molecule has 0 radical (unpaired) electrons. The van der Waals surface area contributed by atoms with Crippen LogP contribution in [0.4, 0.5) is 31.5 Å². The second kappa shape index (κ2) is 11.7. The molecular weight excluding hydrogens is 549 g/mol. The molecule has 6 nitrogen and oxygen atoms in total. The number of hydrogen-bond acceptors (Lipinski definition) is 5. The molecule has 0 fully saturated rings. The van der Waals surface area contributed by atoms with Crippen LogP contribution in [0.5, 0.6) is 5.75 Å². The fourth-order valence-corrected chi connectivity index (χ4v) is 4.63. The van der Waals surface area contributed by atoms with Crippen LogP contribution < -0.4 is 10.1 Å². The van der Waals surface area contributed by atoms with Crippen molar-refractivity contribution in [3.05, 3.63) is 125 Å². The summed E-state index contributed by atoms with van der Waals surface area (Å²) in [6, 6.07) is 22.7. The highest BCUT2D eigenvalue weighted by atomic mass is 19.2. The van der Waals surface area contributed by atoms with Gasteiger partial charge in [0.2, 0.25) is 34.8 Å². The number of carbonyl (C=O) groups is 2. The second-order valence-electron chi connectivity index (χ2n) is 9.00. The van der Waals surface area contributed by atoms with Crippen molar-refractivity contribution in [2.75, 3.05) is 13.2 Å². The number of alkyl carbamates (subject to hydrolysis) is 1. The van der Waals surface area contributed by atoms with Crippen LogP contribution in [0.15, 0.2) is 78.9 Å². The standard InChI is InChI=1S/C30H20F5NO5/c31-23-24(32)26(34)28(27(35)25(23)33)41-30(38)40-15-22(16-8-2-1-3-9-16)36-29(37)39-14-21-19-12-6-4-10-17(19)18-11-5-7-13-20(18)21/h1-13,21-22H,14-15H2,(H,36,37)/t22-/m1/s1. The maximum absolute atomic E-state index is 13.9. The SMILES string of the molecule is O=C(N[C@H](COC(=O)Oc1c(F)c(F)c(F)c(F)c1F)c1ccccc1)OCC1c2ccccc2-c2ccccc21. The zero-order valence-corrected chi connectivity index (χ0v) is 21.0. The average molecular weight is 569 g/mol. The highest BCUT2D eigenvalue weighted by molar-refractivity contribution is 5.79. The molecule has 1 aliphatic carbocycles. The van der Waals surface area contributed by atoms with Crippen molar-refractivity contribution in [1.29, 1.82) is 0 Å². The Morgan fingerprint density at radius 2 is 1.20 bits per heavy atom. The van der Waals surface area contributed by atoms with Crippen LogP contribution in [-0.4, -0.2) is 25.5 Å². The van der Waals surface area contributed by atoms with Crippen molar-refractivity contribution in [3.8, 4) is 16.9 Å². The van der Waals surface area contributed by atoms with E-state index in [2.05, 4.69) is 10.1 Å². The third kappa shape index (κ3) is 5.56. The first kappa shape index (κ1) is 27.6. The predicted molar refractivity (Wildman–Crippen MR) is 136 cm³/mol. The van der Waals surface area contributed by atoms with Gasteiger partial charge in [0.1, 0.15) is 13.2 Å². The Hall–Kier alpha value is -4.93. The van der Waals surface area contributed by atoms with Crippen molar-refractivity contribution in [1.82, 2.24) is 5.32 Å². The fourth-order valence-electron chi connectivity index (χ4n) is 4.63. The highest BCUT2D eigenvalue weighted by Gasteiger charge is 2.31. The molecule has 1 N–H and O–H groups in total. The van der Waals surface area contributed by atoms with Gasteiger partial charge in [0.15, 0.2) is 0 Å². The largest absolute Gasteiger partial charge is 0.514 e. The molecule has 0 heterocycles. The molecule has 4 aromatic carbocycles. The minimum Gasteiger partial charge on any atom is -0.449 e. The van der Waals surface area contributed by atoms with Crippen molar-refractivity contribution >= 4 is 12.2 Å². The zero-order chi connectivity index (χ0) is 29.1. The van der Waals surface area contributed by atoms with E-state index in [0.29, 0.717) is 5.56 Å². The Labute approximate surface area is 230 Å². The third-order valence-corrected chi connectivity index (χ3v) is 6.56. The van der Waals surface area contributed by atoms with Crippen molar-refractivity contribution in [2.45, 2.75) is 12.0 Å². The second-order valence-corrected chi connectivity index (χ2v) is 9.00. The van der Waals surface area contributed by atoms with Crippen LogP contribution in [0.3, 0.4) is 0 Å². The zero-order valence-electron chi connectivity index (χ0n) is 21.0. The molecule has 1 atom stereocenters. The minimum absolute atomic E-state index is 0.00448. The summed E-state index contributed by atoms with van der Waals surface area (Å²) < 4.78 is 82.5. The Morgan fingerprint density at radius 1 is 0.683 bits per heavy atom. The molecule has 0 unspecified atom stereocenters. The lowest BCUT2D eigenvalue weighted by Crippen LogP contribution is -2.34. The normalized spacial score (nSPS) is 12.7. The number of carbonyl (C=O) groups excluding carboxylic acids is 2. The average Bonchev–Trinajstić information content (AvgIpc) is 3.32. The fraction of sp³-hybridized carbons (Fsp3) is 0.133. The number of benzene rings is 4. The Bertz CT molecular complexity index is 1540. The molecule has 0 spiro atoms. The number of amides is 1. The minimum atomic E-state index is -2.41. The van der Waals surface area contributed by atoms with Gasteiger partial charge in [0.25, 0.3) is 0 Å². The van der Waals surface area contributed by atoms with E-state index >= 15 is 0 Å². The number of ether oxygens (including phenoxy) is 3. The summed E-state index contributed by atoms with van der Waals surface area (Å²) in [4.78, 5) is 24.9. The van der Waals surface area contributed by atoms with Crippen LogP contribution in [0.1, 0.15) is 28.7 Å². The van der Waals surface area contributed by atoms with Gasteiger partial charge in [-0.2, -0.15) is 8.78 Å². The summed E-state index contributed by atoms with van der Waals surface area (Å²) in [7, 11) is 0. The maximum Gasteiger partial charge on any atom is 0.514 e. The first-order valence-electron chi connectivity index (χ1n) is 12.3. The van der Waals surface area contributed by atoms with Crippen LogP contribution in [-0.2, 0) is 9.47 Å². The molecule has 0 bridgehead atoms. The van der Waals surface area contributed by atoms with E-state index in [1.54, 1.807) is 30.3 Å². The van der Waals surface area contributed by atoms with Gasteiger partial charge in [-0.25, -0.2) is 22.8 Å².